The van der Waals surface area contributed by atoms with Crippen LogP contribution in [0.15, 0.2) is 0 Å². The number of carbonyl (C=O) groups is 1. The minimum Gasteiger partial charge on any atom is -0.332 e. The van der Waals surface area contributed by atoms with Crippen molar-refractivity contribution in [3.8, 4) is 12.3 Å². The van der Waals surface area contributed by atoms with Gasteiger partial charge in [0.2, 0.25) is 5.91 Å². The molecule has 3 nitrogen and oxygen atoms in total. The molecule has 0 spiro atoms. The molecule has 84 valence electrons. The molecule has 0 aromatic rings. The van der Waals surface area contributed by atoms with Crippen LogP contribution >= 0.6 is 0 Å². The molecule has 15 heavy (non-hydrogen) atoms. The van der Waals surface area contributed by atoms with E-state index in [4.69, 9.17) is 6.42 Å². The van der Waals surface area contributed by atoms with E-state index in [1.165, 1.54) is 6.42 Å². The van der Waals surface area contributed by atoms with Crippen molar-refractivity contribution in [3.63, 3.8) is 0 Å². The van der Waals surface area contributed by atoms with Crippen LogP contribution < -0.4 is 5.32 Å². The Bertz CT molecular complexity index is 238. The van der Waals surface area contributed by atoms with Gasteiger partial charge in [0.05, 0.1) is 6.54 Å². The van der Waals surface area contributed by atoms with Gasteiger partial charge < -0.3 is 10.2 Å². The summed E-state index contributed by atoms with van der Waals surface area (Å²) < 4.78 is 0. The normalized spacial score (nSPS) is 19.9. The zero-order valence-electron chi connectivity index (χ0n) is 9.46. The van der Waals surface area contributed by atoms with Crippen molar-refractivity contribution >= 4 is 5.91 Å². The van der Waals surface area contributed by atoms with Crippen molar-refractivity contribution in [2.24, 2.45) is 5.92 Å². The molecule has 1 aliphatic heterocycles. The average Bonchev–Trinajstić information content (AvgIpc) is 2.75. The molecule has 0 radical (unpaired) electrons. The quantitative estimate of drug-likeness (QED) is 0.680. The van der Waals surface area contributed by atoms with Gasteiger partial charge >= 0.3 is 0 Å². The van der Waals surface area contributed by atoms with Crippen molar-refractivity contribution in [1.82, 2.24) is 10.2 Å². The summed E-state index contributed by atoms with van der Waals surface area (Å²) in [5.74, 6) is 3.40. The van der Waals surface area contributed by atoms with E-state index in [-0.39, 0.29) is 5.91 Å². The van der Waals surface area contributed by atoms with Gasteiger partial charge in [0.15, 0.2) is 0 Å². The van der Waals surface area contributed by atoms with Gasteiger partial charge in [-0.25, -0.2) is 0 Å². The Morgan fingerprint density at radius 2 is 2.47 bits per heavy atom. The maximum Gasteiger partial charge on any atom is 0.223 e. The summed E-state index contributed by atoms with van der Waals surface area (Å²) in [4.78, 5) is 13.5. The molecule has 1 unspecified atom stereocenters. The smallest absolute Gasteiger partial charge is 0.223 e. The summed E-state index contributed by atoms with van der Waals surface area (Å²) in [6, 6.07) is 0. The second-order valence-electron chi connectivity index (χ2n) is 4.01. The molecule has 1 saturated heterocycles. The summed E-state index contributed by atoms with van der Waals surface area (Å²) in [6.07, 6.45) is 8.04. The molecule has 1 N–H and O–H groups in total. The molecule has 0 aromatic carbocycles. The Labute approximate surface area is 92.2 Å². The highest BCUT2D eigenvalue weighted by Gasteiger charge is 2.17. The summed E-state index contributed by atoms with van der Waals surface area (Å²) in [7, 11) is 0. The fraction of sp³-hybridized carbons (Fsp3) is 0.750. The molecule has 1 heterocycles. The van der Waals surface area contributed by atoms with Crippen molar-refractivity contribution in [1.29, 1.82) is 0 Å². The molecule has 1 amide bonds. The highest BCUT2D eigenvalue weighted by Crippen LogP contribution is 2.14. The maximum absolute atomic E-state index is 11.7. The Balaban J connectivity index is 2.24. The van der Waals surface area contributed by atoms with Crippen LogP contribution in [0.2, 0.25) is 0 Å². The zero-order chi connectivity index (χ0) is 11.1. The molecule has 0 saturated carbocycles. The predicted molar refractivity (Wildman–Crippen MR) is 61.3 cm³/mol. The number of terminal acetylenes is 1. The summed E-state index contributed by atoms with van der Waals surface area (Å²) in [5, 5.41) is 3.31. The van der Waals surface area contributed by atoms with E-state index in [9.17, 15) is 4.79 Å². The van der Waals surface area contributed by atoms with E-state index >= 15 is 0 Å². The number of hydrogen-bond acceptors (Lipinski definition) is 2. The number of hydrogen-bond donors (Lipinski definition) is 1. The first-order valence-corrected chi connectivity index (χ1v) is 5.69. The standard InChI is InChI=1S/C12H20N2O/c1-3-9-14(4-2)12(15)6-5-11-7-8-13-10-11/h1,11,13H,4-10H2,2H3. The van der Waals surface area contributed by atoms with Crippen molar-refractivity contribution in [2.75, 3.05) is 26.2 Å². The number of nitrogens with zero attached hydrogens (tertiary/aromatic N) is 1. The van der Waals surface area contributed by atoms with Crippen LogP contribution in [0, 0.1) is 18.3 Å². The van der Waals surface area contributed by atoms with Crippen LogP contribution in [0.1, 0.15) is 26.2 Å². The molecule has 1 aliphatic rings. The van der Waals surface area contributed by atoms with Gasteiger partial charge in [-0.2, -0.15) is 0 Å². The Hall–Kier alpha value is -1.01. The second kappa shape index (κ2) is 6.47. The van der Waals surface area contributed by atoms with Gasteiger partial charge in [-0.15, -0.1) is 6.42 Å². The monoisotopic (exact) mass is 208 g/mol. The Morgan fingerprint density at radius 1 is 1.67 bits per heavy atom. The lowest BCUT2D eigenvalue weighted by atomic mass is 10.0. The second-order valence-corrected chi connectivity index (χ2v) is 4.01. The molecular formula is C12H20N2O. The van der Waals surface area contributed by atoms with Crippen molar-refractivity contribution in [3.05, 3.63) is 0 Å². The lowest BCUT2D eigenvalue weighted by Crippen LogP contribution is -2.31. The molecule has 3 heteroatoms. The van der Waals surface area contributed by atoms with Crippen LogP contribution in [0.4, 0.5) is 0 Å². The van der Waals surface area contributed by atoms with E-state index in [0.29, 0.717) is 25.4 Å². The van der Waals surface area contributed by atoms with Gasteiger partial charge in [0.25, 0.3) is 0 Å². The van der Waals surface area contributed by atoms with E-state index in [2.05, 4.69) is 11.2 Å². The van der Waals surface area contributed by atoms with Crippen LogP contribution in [-0.2, 0) is 4.79 Å². The lowest BCUT2D eigenvalue weighted by molar-refractivity contribution is -0.130. The molecule has 0 aromatic heterocycles. The SMILES string of the molecule is C#CCN(CC)C(=O)CCC1CCNC1. The lowest BCUT2D eigenvalue weighted by Gasteiger charge is -2.18. The van der Waals surface area contributed by atoms with Crippen LogP contribution in [0.25, 0.3) is 0 Å². The third-order valence-corrected chi connectivity index (χ3v) is 2.95. The van der Waals surface area contributed by atoms with Gasteiger partial charge in [-0.1, -0.05) is 5.92 Å². The summed E-state index contributed by atoms with van der Waals surface area (Å²) in [6.45, 7) is 5.28. The van der Waals surface area contributed by atoms with E-state index < -0.39 is 0 Å². The number of carbonyl (C=O) groups excluding carboxylic acids is 1. The fourth-order valence-electron chi connectivity index (χ4n) is 1.93. The van der Waals surface area contributed by atoms with Crippen LogP contribution in [-0.4, -0.2) is 37.0 Å². The molecule has 1 rings (SSSR count). The van der Waals surface area contributed by atoms with Gasteiger partial charge in [0.1, 0.15) is 0 Å². The first-order valence-electron chi connectivity index (χ1n) is 5.69. The fourth-order valence-corrected chi connectivity index (χ4v) is 1.93. The molecule has 0 bridgehead atoms. The first-order chi connectivity index (χ1) is 7.27. The Kier molecular flexibility index (Phi) is 5.20. The highest BCUT2D eigenvalue weighted by molar-refractivity contribution is 5.76. The van der Waals surface area contributed by atoms with Gasteiger partial charge in [-0.05, 0) is 38.8 Å². The third kappa shape index (κ3) is 3.93. The van der Waals surface area contributed by atoms with Crippen molar-refractivity contribution < 1.29 is 4.79 Å². The minimum absolute atomic E-state index is 0.197. The third-order valence-electron chi connectivity index (χ3n) is 2.95. The highest BCUT2D eigenvalue weighted by atomic mass is 16.2. The van der Waals surface area contributed by atoms with E-state index in [1.54, 1.807) is 4.90 Å². The largest absolute Gasteiger partial charge is 0.332 e. The number of amides is 1. The molecule has 1 atom stereocenters. The topological polar surface area (TPSA) is 32.3 Å². The van der Waals surface area contributed by atoms with Gasteiger partial charge in [0, 0.05) is 13.0 Å². The first kappa shape index (κ1) is 12.1. The summed E-state index contributed by atoms with van der Waals surface area (Å²) in [5.41, 5.74) is 0. The maximum atomic E-state index is 11.7. The van der Waals surface area contributed by atoms with Crippen molar-refractivity contribution in [2.45, 2.75) is 26.2 Å². The summed E-state index contributed by atoms with van der Waals surface area (Å²) >= 11 is 0. The number of nitrogens with one attached hydrogen (secondary N) is 1. The molecular weight excluding hydrogens is 188 g/mol. The van der Waals surface area contributed by atoms with E-state index in [1.807, 2.05) is 6.92 Å². The Morgan fingerprint density at radius 3 is 3.00 bits per heavy atom. The minimum atomic E-state index is 0.197. The molecule has 0 aliphatic carbocycles. The molecule has 1 fully saturated rings. The van der Waals surface area contributed by atoms with Crippen LogP contribution in [0.5, 0.6) is 0 Å². The van der Waals surface area contributed by atoms with Crippen LogP contribution in [0.3, 0.4) is 0 Å². The average molecular weight is 208 g/mol. The predicted octanol–water partition coefficient (Wildman–Crippen LogP) is 0.858. The van der Waals surface area contributed by atoms with Gasteiger partial charge in [-0.3, -0.25) is 4.79 Å². The number of rotatable bonds is 5. The zero-order valence-corrected chi connectivity index (χ0v) is 9.46. The van der Waals surface area contributed by atoms with E-state index in [0.717, 1.165) is 19.5 Å².